The molecule has 3 nitrogen and oxygen atoms in total. The molecule has 1 aromatic carbocycles. The number of fused-ring (bicyclic) bond motifs is 1. The first-order chi connectivity index (χ1) is 10.3. The molecule has 1 saturated heterocycles. The topological polar surface area (TPSA) is 30.5 Å². The molecule has 3 rings (SSSR count). The van der Waals surface area contributed by atoms with E-state index in [1.54, 1.807) is 0 Å². The first-order valence-electron chi connectivity index (χ1n) is 8.41. The van der Waals surface area contributed by atoms with Gasteiger partial charge >= 0.3 is 0 Å². The minimum Gasteiger partial charge on any atom is -0.493 e. The molecule has 2 aliphatic rings. The largest absolute Gasteiger partial charge is 0.493 e. The fraction of sp³-hybridized carbons (Fsp3) is 0.667. The first kappa shape index (κ1) is 14.9. The van der Waals surface area contributed by atoms with Gasteiger partial charge in [-0.2, -0.15) is 0 Å². The Morgan fingerprint density at radius 1 is 1.33 bits per heavy atom. The second-order valence-corrected chi connectivity index (χ2v) is 6.25. The molecule has 3 heteroatoms. The number of benzene rings is 1. The summed E-state index contributed by atoms with van der Waals surface area (Å²) >= 11 is 0. The van der Waals surface area contributed by atoms with Gasteiger partial charge in [-0.3, -0.25) is 0 Å². The van der Waals surface area contributed by atoms with Gasteiger partial charge in [-0.05, 0) is 44.7 Å². The Balaban J connectivity index is 1.92. The fourth-order valence-electron chi connectivity index (χ4n) is 3.64. The van der Waals surface area contributed by atoms with E-state index in [-0.39, 0.29) is 0 Å². The van der Waals surface area contributed by atoms with Crippen molar-refractivity contribution in [2.24, 2.45) is 5.92 Å². The van der Waals surface area contributed by atoms with E-state index in [4.69, 9.17) is 9.47 Å². The molecule has 1 fully saturated rings. The van der Waals surface area contributed by atoms with Crippen molar-refractivity contribution in [3.8, 4) is 5.75 Å². The van der Waals surface area contributed by atoms with E-state index in [2.05, 4.69) is 37.4 Å². The van der Waals surface area contributed by atoms with E-state index in [0.717, 1.165) is 51.2 Å². The number of ether oxygens (including phenoxy) is 2. The third kappa shape index (κ3) is 3.09. The highest BCUT2D eigenvalue weighted by atomic mass is 16.5. The van der Waals surface area contributed by atoms with Crippen molar-refractivity contribution in [2.75, 3.05) is 19.8 Å². The van der Waals surface area contributed by atoms with Gasteiger partial charge in [0.1, 0.15) is 5.75 Å². The number of hydrogen-bond acceptors (Lipinski definition) is 3. The van der Waals surface area contributed by atoms with E-state index in [1.807, 2.05) is 0 Å². The number of para-hydroxylation sites is 1. The minimum atomic E-state index is 0.318. The second-order valence-electron chi connectivity index (χ2n) is 6.25. The smallest absolute Gasteiger partial charge is 0.127 e. The second kappa shape index (κ2) is 6.80. The van der Waals surface area contributed by atoms with Crippen molar-refractivity contribution in [3.05, 3.63) is 29.3 Å². The molecule has 2 heterocycles. The van der Waals surface area contributed by atoms with Gasteiger partial charge in [-0.15, -0.1) is 0 Å². The van der Waals surface area contributed by atoms with Crippen LogP contribution in [-0.2, 0) is 11.2 Å². The zero-order chi connectivity index (χ0) is 14.7. The number of aryl methyl sites for hydroxylation is 1. The normalized spacial score (nSPS) is 26.2. The summed E-state index contributed by atoms with van der Waals surface area (Å²) in [6.45, 7) is 7.19. The molecule has 0 amide bonds. The van der Waals surface area contributed by atoms with Gasteiger partial charge < -0.3 is 14.8 Å². The Morgan fingerprint density at radius 3 is 3.00 bits per heavy atom. The molecule has 116 valence electrons. The predicted molar refractivity (Wildman–Crippen MR) is 84.8 cm³/mol. The van der Waals surface area contributed by atoms with Crippen molar-refractivity contribution in [2.45, 2.75) is 51.7 Å². The molecular weight excluding hydrogens is 262 g/mol. The maximum atomic E-state index is 6.03. The van der Waals surface area contributed by atoms with Crippen LogP contribution in [0.1, 0.15) is 50.3 Å². The molecule has 1 N–H and O–H groups in total. The summed E-state index contributed by atoms with van der Waals surface area (Å²) in [6, 6.07) is 6.98. The Hall–Kier alpha value is -1.06. The van der Waals surface area contributed by atoms with Gasteiger partial charge in [0.15, 0.2) is 0 Å². The summed E-state index contributed by atoms with van der Waals surface area (Å²) in [6.07, 6.45) is 4.87. The Labute approximate surface area is 128 Å². The summed E-state index contributed by atoms with van der Waals surface area (Å²) in [5.74, 6) is 1.67. The van der Waals surface area contributed by atoms with E-state index in [1.165, 1.54) is 11.1 Å². The van der Waals surface area contributed by atoms with Gasteiger partial charge in [-0.1, -0.05) is 25.1 Å². The van der Waals surface area contributed by atoms with Gasteiger partial charge in [0.2, 0.25) is 0 Å². The SMILES string of the molecule is CCCNC(c1cccc2c1OCCC2)C1CCOC1C. The number of hydrogen-bond donors (Lipinski definition) is 1. The van der Waals surface area contributed by atoms with Crippen molar-refractivity contribution in [3.63, 3.8) is 0 Å². The lowest BCUT2D eigenvalue weighted by atomic mass is 9.86. The summed E-state index contributed by atoms with van der Waals surface area (Å²) in [4.78, 5) is 0. The zero-order valence-electron chi connectivity index (χ0n) is 13.2. The van der Waals surface area contributed by atoms with E-state index >= 15 is 0 Å². The van der Waals surface area contributed by atoms with Gasteiger partial charge in [0.05, 0.1) is 12.7 Å². The summed E-state index contributed by atoms with van der Waals surface area (Å²) in [7, 11) is 0. The zero-order valence-corrected chi connectivity index (χ0v) is 13.2. The highest BCUT2D eigenvalue weighted by Crippen LogP contribution is 2.40. The molecule has 0 saturated carbocycles. The minimum absolute atomic E-state index is 0.318. The van der Waals surface area contributed by atoms with Crippen molar-refractivity contribution in [1.29, 1.82) is 0 Å². The molecule has 1 aromatic rings. The van der Waals surface area contributed by atoms with E-state index < -0.39 is 0 Å². The van der Waals surface area contributed by atoms with Crippen LogP contribution in [0.4, 0.5) is 0 Å². The van der Waals surface area contributed by atoms with Crippen LogP contribution >= 0.6 is 0 Å². The third-order valence-electron chi connectivity index (χ3n) is 4.78. The highest BCUT2D eigenvalue weighted by Gasteiger charge is 2.34. The molecule has 2 aliphatic heterocycles. The van der Waals surface area contributed by atoms with Crippen LogP contribution in [0.5, 0.6) is 5.75 Å². The van der Waals surface area contributed by atoms with Crippen LogP contribution in [0.3, 0.4) is 0 Å². The summed E-state index contributed by atoms with van der Waals surface area (Å²) < 4.78 is 11.8. The van der Waals surface area contributed by atoms with Crippen molar-refractivity contribution in [1.82, 2.24) is 5.32 Å². The highest BCUT2D eigenvalue weighted by molar-refractivity contribution is 5.45. The fourth-order valence-corrected chi connectivity index (χ4v) is 3.64. The predicted octanol–water partition coefficient (Wildman–Crippen LogP) is 3.48. The third-order valence-corrected chi connectivity index (χ3v) is 4.78. The first-order valence-corrected chi connectivity index (χ1v) is 8.41. The Morgan fingerprint density at radius 2 is 2.24 bits per heavy atom. The lowest BCUT2D eigenvalue weighted by molar-refractivity contribution is 0.0948. The van der Waals surface area contributed by atoms with Crippen molar-refractivity contribution >= 4 is 0 Å². The summed E-state index contributed by atoms with van der Waals surface area (Å²) in [5.41, 5.74) is 2.71. The average molecular weight is 289 g/mol. The van der Waals surface area contributed by atoms with Crippen LogP contribution in [0.2, 0.25) is 0 Å². The molecule has 0 radical (unpaired) electrons. The van der Waals surface area contributed by atoms with E-state index in [0.29, 0.717) is 18.1 Å². The molecule has 21 heavy (non-hydrogen) atoms. The molecule has 3 unspecified atom stereocenters. The van der Waals surface area contributed by atoms with Crippen molar-refractivity contribution < 1.29 is 9.47 Å². The van der Waals surface area contributed by atoms with Crippen LogP contribution in [-0.4, -0.2) is 25.9 Å². The Bertz CT molecular complexity index is 474. The number of nitrogens with one attached hydrogen (secondary N) is 1. The van der Waals surface area contributed by atoms with E-state index in [9.17, 15) is 0 Å². The van der Waals surface area contributed by atoms with Crippen LogP contribution in [0, 0.1) is 5.92 Å². The van der Waals surface area contributed by atoms with Crippen LogP contribution in [0.15, 0.2) is 18.2 Å². The maximum absolute atomic E-state index is 6.03. The molecule has 0 aromatic heterocycles. The van der Waals surface area contributed by atoms with Gasteiger partial charge in [0.25, 0.3) is 0 Å². The van der Waals surface area contributed by atoms with Gasteiger partial charge in [-0.25, -0.2) is 0 Å². The average Bonchev–Trinajstić information content (AvgIpc) is 2.94. The maximum Gasteiger partial charge on any atom is 0.127 e. The Kier molecular flexibility index (Phi) is 4.81. The molecule has 0 bridgehead atoms. The number of rotatable bonds is 5. The standard InChI is InChI=1S/C18H27NO2/c1-3-10-19-17(15-9-12-20-13(15)2)16-8-4-6-14-7-5-11-21-18(14)16/h4,6,8,13,15,17,19H,3,5,7,9-12H2,1-2H3. The van der Waals surface area contributed by atoms with Gasteiger partial charge in [0, 0.05) is 24.1 Å². The van der Waals surface area contributed by atoms with Crippen LogP contribution in [0.25, 0.3) is 0 Å². The lowest BCUT2D eigenvalue weighted by Crippen LogP contribution is -2.33. The monoisotopic (exact) mass is 289 g/mol. The summed E-state index contributed by atoms with van der Waals surface area (Å²) in [5, 5.41) is 3.75. The molecule has 0 spiro atoms. The molecule has 0 aliphatic carbocycles. The quantitative estimate of drug-likeness (QED) is 0.900. The molecule has 3 atom stereocenters. The molecular formula is C18H27NO2. The van der Waals surface area contributed by atoms with Crippen LogP contribution < -0.4 is 10.1 Å². The lowest BCUT2D eigenvalue weighted by Gasteiger charge is -2.31.